The van der Waals surface area contributed by atoms with Crippen LogP contribution in [0, 0.1) is 17.8 Å². The maximum atomic E-state index is 12.4. The Bertz CT molecular complexity index is 804. The molecule has 1 aromatic carbocycles. The summed E-state index contributed by atoms with van der Waals surface area (Å²) in [5.74, 6) is 1.46. The molecule has 0 unspecified atom stereocenters. The van der Waals surface area contributed by atoms with Gasteiger partial charge in [0.2, 0.25) is 0 Å². The number of benzene rings is 1. The van der Waals surface area contributed by atoms with E-state index < -0.39 is 18.0 Å². The predicted octanol–water partition coefficient (Wildman–Crippen LogP) is 2.31. The Kier molecular flexibility index (Phi) is 7.41. The molecule has 2 N–H and O–H groups in total. The van der Waals surface area contributed by atoms with Gasteiger partial charge in [-0.05, 0) is 63.0 Å². The second kappa shape index (κ2) is 10.0. The quantitative estimate of drug-likeness (QED) is 0.581. The monoisotopic (exact) mass is 432 g/mol. The third-order valence-electron chi connectivity index (χ3n) is 6.49. The average Bonchev–Trinajstić information content (AvgIpc) is 3.40. The van der Waals surface area contributed by atoms with E-state index in [-0.39, 0.29) is 24.1 Å². The second-order valence-corrected chi connectivity index (χ2v) is 8.55. The molecule has 8 heteroatoms. The van der Waals surface area contributed by atoms with Gasteiger partial charge in [0.25, 0.3) is 11.8 Å². The van der Waals surface area contributed by atoms with E-state index in [4.69, 9.17) is 14.2 Å². The third-order valence-corrected chi connectivity index (χ3v) is 6.49. The van der Waals surface area contributed by atoms with Gasteiger partial charge in [-0.15, -0.1) is 0 Å². The van der Waals surface area contributed by atoms with Crippen LogP contribution in [0.15, 0.2) is 18.2 Å². The van der Waals surface area contributed by atoms with Crippen molar-refractivity contribution in [2.75, 3.05) is 20.8 Å². The number of hydrogen-bond donors (Lipinski definition) is 2. The molecule has 2 fully saturated rings. The van der Waals surface area contributed by atoms with Crippen LogP contribution < -0.4 is 20.1 Å². The molecule has 2 bridgehead atoms. The second-order valence-electron chi connectivity index (χ2n) is 8.55. The first-order chi connectivity index (χ1) is 14.8. The van der Waals surface area contributed by atoms with Crippen LogP contribution >= 0.6 is 0 Å². The minimum absolute atomic E-state index is 0.0618. The van der Waals surface area contributed by atoms with E-state index in [2.05, 4.69) is 10.6 Å². The van der Waals surface area contributed by atoms with Crippen molar-refractivity contribution < 1.29 is 28.6 Å². The molecule has 2 aliphatic carbocycles. The number of carbonyl (C=O) groups excluding carboxylic acids is 3. The average molecular weight is 433 g/mol. The number of carbonyl (C=O) groups is 3. The van der Waals surface area contributed by atoms with E-state index in [0.29, 0.717) is 23.3 Å². The summed E-state index contributed by atoms with van der Waals surface area (Å²) < 4.78 is 15.5. The standard InChI is InChI=1S/C23H32N2O6/c1-13(20-8-15-5-6-16(20)7-15)25-22(27)14(2)31-21(26)12-24-23(28)17-9-18(29-3)11-19(10-17)30-4/h9-11,13-16,20H,5-8,12H2,1-4H3,(H,24,28)(H,25,27)/t13-,14-,15+,16+,20-/m1/s1. The summed E-state index contributed by atoms with van der Waals surface area (Å²) >= 11 is 0. The topological polar surface area (TPSA) is 103 Å². The minimum Gasteiger partial charge on any atom is -0.497 e. The van der Waals surface area contributed by atoms with E-state index in [1.165, 1.54) is 59.0 Å². The normalized spacial score (nSPS) is 23.5. The summed E-state index contributed by atoms with van der Waals surface area (Å²) in [6.07, 6.45) is 4.07. The Hall–Kier alpha value is -2.77. The molecular weight excluding hydrogens is 400 g/mol. The lowest BCUT2D eigenvalue weighted by Gasteiger charge is -2.29. The van der Waals surface area contributed by atoms with E-state index in [1.807, 2.05) is 6.92 Å². The molecule has 2 aliphatic rings. The zero-order valence-electron chi connectivity index (χ0n) is 18.6. The fourth-order valence-corrected chi connectivity index (χ4v) is 4.84. The van der Waals surface area contributed by atoms with E-state index >= 15 is 0 Å². The lowest BCUT2D eigenvalue weighted by atomic mass is 9.84. The largest absolute Gasteiger partial charge is 0.497 e. The molecule has 0 radical (unpaired) electrons. The van der Waals surface area contributed by atoms with Crippen LogP contribution in [-0.4, -0.2) is 50.7 Å². The van der Waals surface area contributed by atoms with Gasteiger partial charge in [-0.25, -0.2) is 0 Å². The van der Waals surface area contributed by atoms with Crippen molar-refractivity contribution in [1.82, 2.24) is 10.6 Å². The maximum absolute atomic E-state index is 12.4. The number of nitrogens with one attached hydrogen (secondary N) is 2. The summed E-state index contributed by atoms with van der Waals surface area (Å²) in [6, 6.07) is 4.78. The Morgan fingerprint density at radius 2 is 1.71 bits per heavy atom. The molecule has 2 saturated carbocycles. The molecule has 0 aliphatic heterocycles. The fraction of sp³-hybridized carbons (Fsp3) is 0.609. The smallest absolute Gasteiger partial charge is 0.326 e. The summed E-state index contributed by atoms with van der Waals surface area (Å²) in [6.45, 7) is 3.22. The highest BCUT2D eigenvalue weighted by Gasteiger charge is 2.42. The van der Waals surface area contributed by atoms with Crippen LogP contribution in [0.4, 0.5) is 0 Å². The molecule has 1 aromatic rings. The molecule has 0 spiro atoms. The van der Waals surface area contributed by atoms with Crippen molar-refractivity contribution >= 4 is 17.8 Å². The van der Waals surface area contributed by atoms with E-state index in [0.717, 1.165) is 5.92 Å². The highest BCUT2D eigenvalue weighted by molar-refractivity contribution is 5.97. The Morgan fingerprint density at radius 1 is 1.03 bits per heavy atom. The summed E-state index contributed by atoms with van der Waals surface area (Å²) in [5.41, 5.74) is 0.287. The van der Waals surface area contributed by atoms with Crippen LogP contribution in [0.25, 0.3) is 0 Å². The lowest BCUT2D eigenvalue weighted by molar-refractivity contribution is -0.154. The fourth-order valence-electron chi connectivity index (χ4n) is 4.84. The van der Waals surface area contributed by atoms with Gasteiger partial charge < -0.3 is 24.8 Å². The molecular formula is C23H32N2O6. The minimum atomic E-state index is -0.928. The van der Waals surface area contributed by atoms with Gasteiger partial charge in [0.1, 0.15) is 18.0 Å². The Morgan fingerprint density at radius 3 is 2.26 bits per heavy atom. The van der Waals surface area contributed by atoms with Crippen molar-refractivity contribution in [3.05, 3.63) is 23.8 Å². The van der Waals surface area contributed by atoms with Gasteiger partial charge in [-0.2, -0.15) is 0 Å². The highest BCUT2D eigenvalue weighted by atomic mass is 16.5. The first-order valence-electron chi connectivity index (χ1n) is 10.8. The number of esters is 1. The van der Waals surface area contributed by atoms with Crippen LogP contribution in [0.3, 0.4) is 0 Å². The van der Waals surface area contributed by atoms with Gasteiger partial charge in [0.15, 0.2) is 6.10 Å². The van der Waals surface area contributed by atoms with Crippen molar-refractivity contribution in [1.29, 1.82) is 0 Å². The zero-order chi connectivity index (χ0) is 22.5. The van der Waals surface area contributed by atoms with Crippen molar-refractivity contribution in [3.63, 3.8) is 0 Å². The molecule has 0 aromatic heterocycles. The van der Waals surface area contributed by atoms with Gasteiger partial charge >= 0.3 is 5.97 Å². The molecule has 170 valence electrons. The third kappa shape index (κ3) is 5.68. The first-order valence-corrected chi connectivity index (χ1v) is 10.8. The maximum Gasteiger partial charge on any atom is 0.326 e. The van der Waals surface area contributed by atoms with Crippen molar-refractivity contribution in [3.8, 4) is 11.5 Å². The molecule has 0 saturated heterocycles. The molecule has 0 heterocycles. The number of amides is 2. The summed E-state index contributed by atoms with van der Waals surface area (Å²) in [4.78, 5) is 36.9. The van der Waals surface area contributed by atoms with Crippen molar-refractivity contribution in [2.24, 2.45) is 17.8 Å². The van der Waals surface area contributed by atoms with Gasteiger partial charge in [-0.1, -0.05) is 6.42 Å². The Labute approximate surface area is 183 Å². The zero-order valence-corrected chi connectivity index (χ0v) is 18.6. The number of hydrogen-bond acceptors (Lipinski definition) is 6. The number of methoxy groups -OCH3 is 2. The first kappa shape index (κ1) is 22.9. The number of rotatable bonds is 9. The molecule has 3 rings (SSSR count). The molecule has 31 heavy (non-hydrogen) atoms. The van der Waals surface area contributed by atoms with Crippen LogP contribution in [-0.2, 0) is 14.3 Å². The number of fused-ring (bicyclic) bond motifs is 2. The van der Waals surface area contributed by atoms with Crippen LogP contribution in [0.1, 0.15) is 49.9 Å². The SMILES string of the molecule is COc1cc(OC)cc(C(=O)NCC(=O)O[C@H](C)C(=O)N[C@H](C)[C@H]2C[C@H]3CC[C@H]2C3)c1. The molecule has 8 nitrogen and oxygen atoms in total. The van der Waals surface area contributed by atoms with Gasteiger partial charge in [-0.3, -0.25) is 14.4 Å². The molecule has 5 atom stereocenters. The predicted molar refractivity (Wildman–Crippen MR) is 114 cm³/mol. The summed E-state index contributed by atoms with van der Waals surface area (Å²) in [7, 11) is 2.97. The lowest BCUT2D eigenvalue weighted by Crippen LogP contribution is -2.45. The van der Waals surface area contributed by atoms with Gasteiger partial charge in [0.05, 0.1) is 14.2 Å². The van der Waals surface area contributed by atoms with E-state index in [9.17, 15) is 14.4 Å². The van der Waals surface area contributed by atoms with Crippen molar-refractivity contribution in [2.45, 2.75) is 51.7 Å². The molecule has 2 amide bonds. The van der Waals surface area contributed by atoms with E-state index in [1.54, 1.807) is 6.07 Å². The van der Waals surface area contributed by atoms with Crippen LogP contribution in [0.5, 0.6) is 11.5 Å². The summed E-state index contributed by atoms with van der Waals surface area (Å²) in [5, 5.41) is 5.49. The Balaban J connectivity index is 1.44. The van der Waals surface area contributed by atoms with Crippen LogP contribution in [0.2, 0.25) is 0 Å². The highest BCUT2D eigenvalue weighted by Crippen LogP contribution is 2.49. The number of ether oxygens (including phenoxy) is 3. The van der Waals surface area contributed by atoms with Gasteiger partial charge in [0, 0.05) is 17.7 Å².